The average Bonchev–Trinajstić information content (AvgIpc) is 2.70. The largest absolute Gasteiger partial charge is 0.492 e. The molecule has 1 aromatic heterocycles. The minimum Gasteiger partial charge on any atom is -0.492 e. The molecule has 7 nitrogen and oxygen atoms in total. The van der Waals surface area contributed by atoms with Gasteiger partial charge in [0, 0.05) is 17.8 Å². The maximum absolute atomic E-state index is 11.9. The Morgan fingerprint density at radius 1 is 1.32 bits per heavy atom. The molecule has 1 aromatic carbocycles. The van der Waals surface area contributed by atoms with Crippen molar-refractivity contribution in [2.24, 2.45) is 5.92 Å². The van der Waals surface area contributed by atoms with E-state index in [1.54, 1.807) is 30.5 Å². The number of nitrogens with zero attached hydrogens (tertiary/aromatic N) is 3. The van der Waals surface area contributed by atoms with Crippen LogP contribution in [0.2, 0.25) is 0 Å². The number of rotatable bonds is 8. The van der Waals surface area contributed by atoms with Crippen LogP contribution in [0.1, 0.15) is 52.4 Å². The third-order valence-electron chi connectivity index (χ3n) is 4.29. The third kappa shape index (κ3) is 7.74. The van der Waals surface area contributed by atoms with Crippen LogP contribution in [0, 0.1) is 17.2 Å². The van der Waals surface area contributed by atoms with Crippen molar-refractivity contribution >= 4 is 12.2 Å². The van der Waals surface area contributed by atoms with E-state index in [9.17, 15) is 10.1 Å². The molecule has 0 bridgehead atoms. The summed E-state index contributed by atoms with van der Waals surface area (Å²) in [7, 11) is 0. The smallest absolute Gasteiger partial charge is 0.407 e. The van der Waals surface area contributed by atoms with Crippen molar-refractivity contribution in [2.75, 3.05) is 6.61 Å². The van der Waals surface area contributed by atoms with Crippen LogP contribution in [-0.2, 0) is 4.74 Å². The lowest BCUT2D eigenvalue weighted by atomic mass is 10.0. The summed E-state index contributed by atoms with van der Waals surface area (Å²) in [5.74, 6) is 1.20. The molecule has 164 valence electrons. The molecular weight excluding hydrogens is 392 g/mol. The van der Waals surface area contributed by atoms with E-state index in [4.69, 9.17) is 9.47 Å². The molecule has 2 rings (SSSR count). The van der Waals surface area contributed by atoms with Crippen molar-refractivity contribution in [3.63, 3.8) is 0 Å². The van der Waals surface area contributed by atoms with Gasteiger partial charge in [-0.15, -0.1) is 0 Å². The minimum atomic E-state index is -0.530. The summed E-state index contributed by atoms with van der Waals surface area (Å²) in [6.07, 6.45) is 3.51. The number of alkyl carbamates (subject to hydrolysis) is 1. The van der Waals surface area contributed by atoms with E-state index >= 15 is 0 Å². The Morgan fingerprint density at radius 3 is 2.71 bits per heavy atom. The number of carbonyl (C=O) groups is 1. The molecule has 2 atom stereocenters. The number of hydrogen-bond acceptors (Lipinski definition) is 6. The Kier molecular flexibility index (Phi) is 8.14. The monoisotopic (exact) mass is 422 g/mol. The number of amides is 1. The third-order valence-corrected chi connectivity index (χ3v) is 4.29. The number of aromatic nitrogens is 2. The van der Waals surface area contributed by atoms with Gasteiger partial charge in [0.1, 0.15) is 17.4 Å². The highest BCUT2D eigenvalue weighted by Gasteiger charge is 2.19. The van der Waals surface area contributed by atoms with Gasteiger partial charge in [0.25, 0.3) is 0 Å². The van der Waals surface area contributed by atoms with Crippen molar-refractivity contribution < 1.29 is 14.3 Å². The van der Waals surface area contributed by atoms with Gasteiger partial charge in [-0.2, -0.15) is 5.26 Å². The van der Waals surface area contributed by atoms with E-state index in [1.807, 2.05) is 40.7 Å². The fourth-order valence-corrected chi connectivity index (χ4v) is 3.01. The van der Waals surface area contributed by atoms with E-state index in [1.165, 1.54) is 0 Å². The summed E-state index contributed by atoms with van der Waals surface area (Å²) >= 11 is 0. The summed E-state index contributed by atoms with van der Waals surface area (Å²) in [5.41, 5.74) is 1.42. The summed E-state index contributed by atoms with van der Waals surface area (Å²) in [5, 5.41) is 12.4. The van der Waals surface area contributed by atoms with Crippen molar-refractivity contribution in [1.29, 1.82) is 5.26 Å². The number of benzene rings is 1. The first-order chi connectivity index (χ1) is 14.6. The van der Waals surface area contributed by atoms with Gasteiger partial charge in [-0.1, -0.05) is 13.5 Å². The summed E-state index contributed by atoms with van der Waals surface area (Å²) in [4.78, 5) is 20.4. The fraction of sp³-hybridized carbons (Fsp3) is 0.417. The van der Waals surface area contributed by atoms with Crippen LogP contribution in [0.15, 0.2) is 37.0 Å². The number of hydrogen-bond donors (Lipinski definition) is 1. The van der Waals surface area contributed by atoms with E-state index < -0.39 is 11.7 Å². The van der Waals surface area contributed by atoms with E-state index in [2.05, 4.69) is 27.9 Å². The Hall–Kier alpha value is -3.40. The maximum Gasteiger partial charge on any atom is 0.407 e. The number of nitriles is 1. The zero-order valence-electron chi connectivity index (χ0n) is 18.8. The zero-order valence-corrected chi connectivity index (χ0v) is 18.8. The molecule has 1 N–H and O–H groups in total. The fourth-order valence-electron chi connectivity index (χ4n) is 3.01. The molecular formula is C24H30N4O3. The van der Waals surface area contributed by atoms with Crippen LogP contribution < -0.4 is 10.1 Å². The lowest BCUT2D eigenvalue weighted by Crippen LogP contribution is -2.38. The van der Waals surface area contributed by atoms with Gasteiger partial charge in [-0.25, -0.2) is 14.8 Å². The van der Waals surface area contributed by atoms with Crippen LogP contribution in [0.25, 0.3) is 17.3 Å². The van der Waals surface area contributed by atoms with Crippen molar-refractivity contribution in [3.8, 4) is 23.1 Å². The highest BCUT2D eigenvalue weighted by Crippen LogP contribution is 2.26. The first-order valence-corrected chi connectivity index (χ1v) is 10.2. The second kappa shape index (κ2) is 10.6. The second-order valence-electron chi connectivity index (χ2n) is 8.53. The molecule has 0 saturated heterocycles. The molecule has 2 aromatic rings. The van der Waals surface area contributed by atoms with Crippen LogP contribution in [0.5, 0.6) is 5.75 Å². The van der Waals surface area contributed by atoms with Gasteiger partial charge < -0.3 is 14.8 Å². The Balaban J connectivity index is 1.96. The lowest BCUT2D eigenvalue weighted by molar-refractivity contribution is 0.0500. The zero-order chi connectivity index (χ0) is 23.0. The van der Waals surface area contributed by atoms with Crippen LogP contribution >= 0.6 is 0 Å². The molecule has 0 radical (unpaired) electrons. The maximum atomic E-state index is 11.9. The number of carbonyl (C=O) groups excluding carboxylic acids is 1. The molecule has 0 saturated carbocycles. The summed E-state index contributed by atoms with van der Waals surface area (Å²) in [6, 6.07) is 9.29. The molecule has 1 amide bonds. The average molecular weight is 423 g/mol. The molecule has 7 heteroatoms. The molecule has 0 aliphatic rings. The van der Waals surface area contributed by atoms with Crippen LogP contribution in [0.4, 0.5) is 4.79 Å². The van der Waals surface area contributed by atoms with Crippen molar-refractivity contribution in [1.82, 2.24) is 15.3 Å². The van der Waals surface area contributed by atoms with E-state index in [-0.39, 0.29) is 12.0 Å². The highest BCUT2D eigenvalue weighted by molar-refractivity contribution is 5.68. The van der Waals surface area contributed by atoms with Gasteiger partial charge in [0.2, 0.25) is 0 Å². The SMILES string of the molecule is C=Cc1nccc(-c2ccc(OCC(C)CC(C)NC(=O)OC(C)(C)C)c(C#N)c2)n1. The molecule has 31 heavy (non-hydrogen) atoms. The van der Waals surface area contributed by atoms with Gasteiger partial charge in [-0.05, 0) is 70.4 Å². The number of nitrogens with one attached hydrogen (secondary N) is 1. The van der Waals surface area contributed by atoms with Crippen LogP contribution in [-0.4, -0.2) is 34.3 Å². The lowest BCUT2D eigenvalue weighted by Gasteiger charge is -2.23. The number of ether oxygens (including phenoxy) is 2. The second-order valence-corrected chi connectivity index (χ2v) is 8.53. The Morgan fingerprint density at radius 2 is 2.06 bits per heavy atom. The predicted molar refractivity (Wildman–Crippen MR) is 120 cm³/mol. The molecule has 0 fully saturated rings. The molecule has 1 heterocycles. The molecule has 0 aliphatic carbocycles. The van der Waals surface area contributed by atoms with E-state index in [0.717, 1.165) is 5.56 Å². The molecule has 2 unspecified atom stereocenters. The summed E-state index contributed by atoms with van der Waals surface area (Å²) < 4.78 is 11.2. The van der Waals surface area contributed by atoms with Crippen molar-refractivity contribution in [3.05, 3.63) is 48.4 Å². The normalized spacial score (nSPS) is 12.9. The minimum absolute atomic E-state index is 0.0666. The first kappa shape index (κ1) is 23.9. The van der Waals surface area contributed by atoms with Crippen molar-refractivity contribution in [2.45, 2.75) is 52.7 Å². The molecule has 0 spiro atoms. The topological polar surface area (TPSA) is 97.1 Å². The van der Waals surface area contributed by atoms with Gasteiger partial charge in [-0.3, -0.25) is 0 Å². The Labute approximate surface area is 184 Å². The highest BCUT2D eigenvalue weighted by atomic mass is 16.6. The van der Waals surface area contributed by atoms with Gasteiger partial charge in [0.05, 0.1) is 17.9 Å². The van der Waals surface area contributed by atoms with Gasteiger partial charge in [0.15, 0.2) is 5.82 Å². The predicted octanol–water partition coefficient (Wildman–Crippen LogP) is 4.98. The molecule has 0 aliphatic heterocycles. The summed E-state index contributed by atoms with van der Waals surface area (Å²) in [6.45, 7) is 13.5. The standard InChI is InChI=1S/C24H30N4O3/c1-7-22-26-11-10-20(28-22)18-8-9-21(19(13-18)14-25)30-15-16(2)12-17(3)27-23(29)31-24(4,5)6/h7-11,13,16-17H,1,12,15H2,2-6H3,(H,27,29). The van der Waals surface area contributed by atoms with Crippen LogP contribution in [0.3, 0.4) is 0 Å². The quantitative estimate of drug-likeness (QED) is 0.645. The first-order valence-electron chi connectivity index (χ1n) is 10.2. The van der Waals surface area contributed by atoms with E-state index in [0.29, 0.717) is 35.9 Å². The Bertz CT molecular complexity index is 960. The van der Waals surface area contributed by atoms with Gasteiger partial charge >= 0.3 is 6.09 Å².